The van der Waals surface area contributed by atoms with Gasteiger partial charge in [0.2, 0.25) is 0 Å². The first kappa shape index (κ1) is 15.3. The molecule has 0 bridgehead atoms. The standard InChI is InChI=1S/C17H23FN2O2/c18-15-7-10-20(13-17(15)8-4-9-19-12-17)16(21)22-11-14-5-2-1-3-6-14/h1-3,5-6,15,19H,4,7-13H2. The lowest BCUT2D eigenvalue weighted by atomic mass is 9.73. The molecule has 1 spiro atoms. The van der Waals surface area contributed by atoms with Crippen molar-refractivity contribution in [2.45, 2.75) is 32.0 Å². The predicted molar refractivity (Wildman–Crippen MR) is 82.2 cm³/mol. The van der Waals surface area contributed by atoms with Gasteiger partial charge in [-0.25, -0.2) is 9.18 Å². The average molecular weight is 306 g/mol. The molecule has 3 rings (SSSR count). The second kappa shape index (κ2) is 6.65. The molecular formula is C17H23FN2O2. The SMILES string of the molecule is O=C(OCc1ccccc1)N1CCC(F)C2(CCCNC2)C1. The van der Waals surface area contributed by atoms with Gasteiger partial charge in [-0.05, 0) is 31.4 Å². The van der Waals surface area contributed by atoms with Gasteiger partial charge >= 0.3 is 6.09 Å². The van der Waals surface area contributed by atoms with E-state index < -0.39 is 11.6 Å². The van der Waals surface area contributed by atoms with Crippen LogP contribution in [0.15, 0.2) is 30.3 Å². The molecule has 0 radical (unpaired) electrons. The van der Waals surface area contributed by atoms with E-state index in [0.717, 1.165) is 24.9 Å². The Labute approximate surface area is 130 Å². The van der Waals surface area contributed by atoms with Gasteiger partial charge in [-0.15, -0.1) is 0 Å². The quantitative estimate of drug-likeness (QED) is 0.913. The molecule has 0 saturated carbocycles. The van der Waals surface area contributed by atoms with Gasteiger partial charge in [0.15, 0.2) is 0 Å². The fourth-order valence-electron chi connectivity index (χ4n) is 3.49. The number of carbonyl (C=O) groups excluding carboxylic acids is 1. The minimum Gasteiger partial charge on any atom is -0.445 e. The second-order valence-corrected chi connectivity index (χ2v) is 6.36. The third-order valence-corrected chi connectivity index (χ3v) is 4.79. The Bertz CT molecular complexity index is 503. The van der Waals surface area contributed by atoms with Crippen LogP contribution >= 0.6 is 0 Å². The summed E-state index contributed by atoms with van der Waals surface area (Å²) in [4.78, 5) is 13.9. The van der Waals surface area contributed by atoms with Crippen LogP contribution < -0.4 is 5.32 Å². The Morgan fingerprint density at radius 3 is 2.95 bits per heavy atom. The van der Waals surface area contributed by atoms with E-state index in [0.29, 0.717) is 26.1 Å². The van der Waals surface area contributed by atoms with Crippen LogP contribution in [0.5, 0.6) is 0 Å². The van der Waals surface area contributed by atoms with E-state index in [2.05, 4.69) is 5.32 Å². The van der Waals surface area contributed by atoms with Gasteiger partial charge in [-0.3, -0.25) is 0 Å². The van der Waals surface area contributed by atoms with E-state index in [1.807, 2.05) is 30.3 Å². The highest BCUT2D eigenvalue weighted by Gasteiger charge is 2.46. The minimum absolute atomic E-state index is 0.264. The number of rotatable bonds is 2. The first-order valence-electron chi connectivity index (χ1n) is 8.00. The summed E-state index contributed by atoms with van der Waals surface area (Å²) in [7, 11) is 0. The number of piperidine rings is 2. The lowest BCUT2D eigenvalue weighted by Crippen LogP contribution is -2.58. The normalized spacial score (nSPS) is 28.6. The summed E-state index contributed by atoms with van der Waals surface area (Å²) in [6.45, 7) is 2.75. The predicted octanol–water partition coefficient (Wildman–Crippen LogP) is 2.74. The number of carbonyl (C=O) groups is 1. The number of nitrogens with one attached hydrogen (secondary N) is 1. The molecular weight excluding hydrogens is 283 g/mol. The first-order valence-corrected chi connectivity index (χ1v) is 8.00. The van der Waals surface area contributed by atoms with Crippen LogP contribution in [0.2, 0.25) is 0 Å². The molecule has 2 fully saturated rings. The molecule has 22 heavy (non-hydrogen) atoms. The van der Waals surface area contributed by atoms with Gasteiger partial charge in [-0.1, -0.05) is 30.3 Å². The molecule has 1 N–H and O–H groups in total. The van der Waals surface area contributed by atoms with Crippen molar-refractivity contribution in [3.8, 4) is 0 Å². The van der Waals surface area contributed by atoms with Crippen LogP contribution in [0.4, 0.5) is 9.18 Å². The van der Waals surface area contributed by atoms with Crippen LogP contribution in [0, 0.1) is 5.41 Å². The number of hydrogen-bond acceptors (Lipinski definition) is 3. The Kier molecular flexibility index (Phi) is 4.62. The summed E-state index contributed by atoms with van der Waals surface area (Å²) in [5.41, 5.74) is 0.535. The molecule has 0 aromatic heterocycles. The zero-order valence-electron chi connectivity index (χ0n) is 12.8. The van der Waals surface area contributed by atoms with Gasteiger partial charge in [0, 0.05) is 25.0 Å². The van der Waals surface area contributed by atoms with Gasteiger partial charge in [0.05, 0.1) is 0 Å². The van der Waals surface area contributed by atoms with Crippen molar-refractivity contribution in [2.24, 2.45) is 5.41 Å². The Hall–Kier alpha value is -1.62. The molecule has 1 amide bonds. The van der Waals surface area contributed by atoms with Gasteiger partial charge < -0.3 is 15.0 Å². The number of amides is 1. The summed E-state index contributed by atoms with van der Waals surface area (Å²) in [5, 5.41) is 3.27. The second-order valence-electron chi connectivity index (χ2n) is 6.36. The molecule has 2 aliphatic rings. The summed E-state index contributed by atoms with van der Waals surface area (Å²) in [6, 6.07) is 9.61. The molecule has 2 unspecified atom stereocenters. The highest BCUT2D eigenvalue weighted by molar-refractivity contribution is 5.68. The number of hydrogen-bond donors (Lipinski definition) is 1. The average Bonchev–Trinajstić information content (AvgIpc) is 2.57. The maximum Gasteiger partial charge on any atom is 0.410 e. The molecule has 2 aliphatic heterocycles. The zero-order chi connectivity index (χ0) is 15.4. The van der Waals surface area contributed by atoms with Gasteiger partial charge in [0.1, 0.15) is 12.8 Å². The lowest BCUT2D eigenvalue weighted by molar-refractivity contribution is -0.0148. The van der Waals surface area contributed by atoms with E-state index >= 15 is 0 Å². The molecule has 1 aromatic rings. The first-order chi connectivity index (χ1) is 10.7. The summed E-state index contributed by atoms with van der Waals surface area (Å²) in [6.07, 6.45) is 1.04. The minimum atomic E-state index is -0.835. The molecule has 4 nitrogen and oxygen atoms in total. The molecule has 2 heterocycles. The lowest BCUT2D eigenvalue weighted by Gasteiger charge is -2.46. The smallest absolute Gasteiger partial charge is 0.410 e. The van der Waals surface area contributed by atoms with Crippen molar-refractivity contribution in [2.75, 3.05) is 26.2 Å². The zero-order valence-corrected chi connectivity index (χ0v) is 12.8. The van der Waals surface area contributed by atoms with E-state index in [1.165, 1.54) is 0 Å². The van der Waals surface area contributed by atoms with Crippen LogP contribution in [0.25, 0.3) is 0 Å². The van der Waals surface area contributed by atoms with E-state index in [4.69, 9.17) is 4.74 Å². The maximum absolute atomic E-state index is 14.4. The number of alkyl halides is 1. The molecule has 2 saturated heterocycles. The summed E-state index contributed by atoms with van der Waals surface area (Å²) in [5.74, 6) is 0. The third kappa shape index (κ3) is 3.24. The number of halogens is 1. The number of ether oxygens (including phenoxy) is 1. The van der Waals surface area contributed by atoms with Crippen LogP contribution in [-0.2, 0) is 11.3 Å². The van der Waals surface area contributed by atoms with Gasteiger partial charge in [-0.2, -0.15) is 0 Å². The van der Waals surface area contributed by atoms with Crippen molar-refractivity contribution in [1.82, 2.24) is 10.2 Å². The monoisotopic (exact) mass is 306 g/mol. The van der Waals surface area contributed by atoms with Crippen molar-refractivity contribution < 1.29 is 13.9 Å². The van der Waals surface area contributed by atoms with E-state index in [-0.39, 0.29) is 12.7 Å². The van der Waals surface area contributed by atoms with Crippen LogP contribution in [0.1, 0.15) is 24.8 Å². The van der Waals surface area contributed by atoms with E-state index in [1.54, 1.807) is 4.90 Å². The van der Waals surface area contributed by atoms with E-state index in [9.17, 15) is 9.18 Å². The Morgan fingerprint density at radius 1 is 1.41 bits per heavy atom. The van der Waals surface area contributed by atoms with Crippen LogP contribution in [-0.4, -0.2) is 43.3 Å². The molecule has 120 valence electrons. The largest absolute Gasteiger partial charge is 0.445 e. The topological polar surface area (TPSA) is 41.6 Å². The number of benzene rings is 1. The van der Waals surface area contributed by atoms with Crippen molar-refractivity contribution in [3.63, 3.8) is 0 Å². The summed E-state index contributed by atoms with van der Waals surface area (Å²) < 4.78 is 19.8. The number of likely N-dealkylation sites (tertiary alicyclic amines) is 1. The van der Waals surface area contributed by atoms with Crippen molar-refractivity contribution >= 4 is 6.09 Å². The number of nitrogens with zero attached hydrogens (tertiary/aromatic N) is 1. The van der Waals surface area contributed by atoms with Gasteiger partial charge in [0.25, 0.3) is 0 Å². The molecule has 0 aliphatic carbocycles. The molecule has 1 aromatic carbocycles. The maximum atomic E-state index is 14.4. The Balaban J connectivity index is 1.58. The highest BCUT2D eigenvalue weighted by atomic mass is 19.1. The van der Waals surface area contributed by atoms with Crippen molar-refractivity contribution in [1.29, 1.82) is 0 Å². The Morgan fingerprint density at radius 2 is 2.23 bits per heavy atom. The fraction of sp³-hybridized carbons (Fsp3) is 0.588. The summed E-state index contributed by atoms with van der Waals surface area (Å²) >= 11 is 0. The molecule has 2 atom stereocenters. The third-order valence-electron chi connectivity index (χ3n) is 4.79. The molecule has 5 heteroatoms. The highest BCUT2D eigenvalue weighted by Crippen LogP contribution is 2.38. The van der Waals surface area contributed by atoms with Crippen LogP contribution in [0.3, 0.4) is 0 Å². The van der Waals surface area contributed by atoms with Crippen molar-refractivity contribution in [3.05, 3.63) is 35.9 Å². The fourth-order valence-corrected chi connectivity index (χ4v) is 3.49.